The second-order valence-electron chi connectivity index (χ2n) is 4.33. The van der Waals surface area contributed by atoms with E-state index in [0.29, 0.717) is 0 Å². The van der Waals surface area contributed by atoms with Gasteiger partial charge in [0.15, 0.2) is 5.65 Å². The number of hydrogen-bond acceptors (Lipinski definition) is 3. The van der Waals surface area contributed by atoms with Gasteiger partial charge in [-0.05, 0) is 13.0 Å². The van der Waals surface area contributed by atoms with Gasteiger partial charge in [-0.1, -0.05) is 30.3 Å². The number of hydrogen-bond donors (Lipinski definition) is 1. The summed E-state index contributed by atoms with van der Waals surface area (Å²) in [4.78, 5) is 4.24. The van der Waals surface area contributed by atoms with Gasteiger partial charge in [0.2, 0.25) is 0 Å². The lowest BCUT2D eigenvalue weighted by molar-refractivity contribution is 0.798. The fourth-order valence-electron chi connectivity index (χ4n) is 2.04. The molecule has 0 radical (unpaired) electrons. The SMILES string of the molecule is C[C@H](N)c1cc2nccn2nc1-c1ccccc1.Cl. The predicted molar refractivity (Wildman–Crippen MR) is 78.3 cm³/mol. The molecule has 3 rings (SSSR count). The summed E-state index contributed by atoms with van der Waals surface area (Å²) in [5, 5.41) is 4.60. The molecule has 3 aromatic rings. The number of fused-ring (bicyclic) bond motifs is 1. The van der Waals surface area contributed by atoms with Crippen LogP contribution in [0.5, 0.6) is 0 Å². The Labute approximate surface area is 117 Å². The third kappa shape index (κ3) is 2.45. The third-order valence-electron chi connectivity index (χ3n) is 2.95. The average molecular weight is 275 g/mol. The van der Waals surface area contributed by atoms with Crippen molar-refractivity contribution < 1.29 is 0 Å². The summed E-state index contributed by atoms with van der Waals surface area (Å²) in [6.07, 6.45) is 3.58. The van der Waals surface area contributed by atoms with E-state index in [9.17, 15) is 0 Å². The van der Waals surface area contributed by atoms with Gasteiger partial charge in [0.1, 0.15) is 0 Å². The standard InChI is InChI=1S/C14H14N4.ClH/c1-10(15)12-9-13-16-7-8-18(13)17-14(12)11-5-3-2-4-6-11;/h2-10H,15H2,1H3;1H/t10-;/m0./s1. The van der Waals surface area contributed by atoms with Crippen LogP contribution in [-0.4, -0.2) is 14.6 Å². The van der Waals surface area contributed by atoms with Crippen LogP contribution in [0.2, 0.25) is 0 Å². The molecular formula is C14H15ClN4. The van der Waals surface area contributed by atoms with E-state index in [4.69, 9.17) is 5.73 Å². The van der Waals surface area contributed by atoms with E-state index in [1.54, 1.807) is 10.7 Å². The molecule has 0 aliphatic rings. The van der Waals surface area contributed by atoms with Gasteiger partial charge in [0, 0.05) is 29.6 Å². The Balaban J connectivity index is 0.00000133. The molecule has 0 fully saturated rings. The average Bonchev–Trinajstić information content (AvgIpc) is 2.85. The van der Waals surface area contributed by atoms with E-state index in [1.165, 1.54) is 0 Å². The van der Waals surface area contributed by atoms with E-state index in [2.05, 4.69) is 10.1 Å². The van der Waals surface area contributed by atoms with Crippen LogP contribution in [-0.2, 0) is 0 Å². The Morgan fingerprint density at radius 1 is 1.21 bits per heavy atom. The number of rotatable bonds is 2. The number of aromatic nitrogens is 3. The fourth-order valence-corrected chi connectivity index (χ4v) is 2.04. The van der Waals surface area contributed by atoms with Crippen molar-refractivity contribution in [1.29, 1.82) is 0 Å². The summed E-state index contributed by atoms with van der Waals surface area (Å²) in [6, 6.07) is 12.0. The summed E-state index contributed by atoms with van der Waals surface area (Å²) in [5.74, 6) is 0. The second kappa shape index (κ2) is 5.38. The van der Waals surface area contributed by atoms with Crippen LogP contribution in [0.3, 0.4) is 0 Å². The first-order valence-electron chi connectivity index (χ1n) is 5.91. The number of nitrogens with zero attached hydrogens (tertiary/aromatic N) is 3. The van der Waals surface area contributed by atoms with Crippen molar-refractivity contribution in [1.82, 2.24) is 14.6 Å². The Kier molecular flexibility index (Phi) is 3.83. The smallest absolute Gasteiger partial charge is 0.153 e. The molecule has 2 aromatic heterocycles. The molecule has 19 heavy (non-hydrogen) atoms. The molecular weight excluding hydrogens is 260 g/mol. The van der Waals surface area contributed by atoms with Crippen molar-refractivity contribution in [2.24, 2.45) is 5.73 Å². The molecule has 0 unspecified atom stereocenters. The molecule has 2 N–H and O–H groups in total. The maximum absolute atomic E-state index is 6.03. The molecule has 5 heteroatoms. The topological polar surface area (TPSA) is 56.2 Å². The van der Waals surface area contributed by atoms with E-state index in [-0.39, 0.29) is 18.4 Å². The highest BCUT2D eigenvalue weighted by Crippen LogP contribution is 2.25. The molecule has 4 nitrogen and oxygen atoms in total. The molecule has 1 atom stereocenters. The molecule has 0 saturated carbocycles. The van der Waals surface area contributed by atoms with Gasteiger partial charge in [-0.3, -0.25) is 0 Å². The van der Waals surface area contributed by atoms with Gasteiger partial charge in [-0.2, -0.15) is 5.10 Å². The first-order chi connectivity index (χ1) is 8.75. The van der Waals surface area contributed by atoms with Crippen LogP contribution in [0, 0.1) is 0 Å². The maximum atomic E-state index is 6.03. The van der Waals surface area contributed by atoms with Gasteiger partial charge < -0.3 is 5.73 Å². The Hall–Kier alpha value is -1.91. The van der Waals surface area contributed by atoms with E-state index < -0.39 is 0 Å². The van der Waals surface area contributed by atoms with Crippen molar-refractivity contribution >= 4 is 18.1 Å². The number of halogens is 1. The van der Waals surface area contributed by atoms with Crippen molar-refractivity contribution in [3.05, 3.63) is 54.4 Å². The van der Waals surface area contributed by atoms with E-state index in [1.807, 2.05) is 49.5 Å². The van der Waals surface area contributed by atoms with Gasteiger partial charge in [0.05, 0.1) is 5.69 Å². The van der Waals surface area contributed by atoms with Crippen LogP contribution in [0.1, 0.15) is 18.5 Å². The minimum atomic E-state index is -0.0746. The van der Waals surface area contributed by atoms with Gasteiger partial charge in [0.25, 0.3) is 0 Å². The summed E-state index contributed by atoms with van der Waals surface area (Å²) in [6.45, 7) is 1.96. The Morgan fingerprint density at radius 3 is 2.63 bits per heavy atom. The zero-order valence-electron chi connectivity index (χ0n) is 10.5. The molecule has 0 aliphatic heterocycles. The summed E-state index contributed by atoms with van der Waals surface area (Å²) in [7, 11) is 0. The summed E-state index contributed by atoms with van der Waals surface area (Å²) < 4.78 is 1.77. The lowest BCUT2D eigenvalue weighted by atomic mass is 10.0. The Bertz CT molecular complexity index is 676. The van der Waals surface area contributed by atoms with Crippen LogP contribution in [0.4, 0.5) is 0 Å². The first kappa shape index (κ1) is 13.5. The largest absolute Gasteiger partial charge is 0.324 e. The molecule has 1 aromatic carbocycles. The van der Waals surface area contributed by atoms with Gasteiger partial charge >= 0.3 is 0 Å². The molecule has 0 amide bonds. The molecule has 0 aliphatic carbocycles. The molecule has 2 heterocycles. The minimum absolute atomic E-state index is 0. The molecule has 0 bridgehead atoms. The predicted octanol–water partition coefficient (Wildman–Crippen LogP) is 2.84. The molecule has 0 spiro atoms. The lowest BCUT2D eigenvalue weighted by Gasteiger charge is -2.12. The zero-order valence-corrected chi connectivity index (χ0v) is 11.3. The van der Waals surface area contributed by atoms with Crippen LogP contribution >= 0.6 is 12.4 Å². The minimum Gasteiger partial charge on any atom is -0.324 e. The normalized spacial score (nSPS) is 12.1. The van der Waals surface area contributed by atoms with Crippen molar-refractivity contribution in [2.75, 3.05) is 0 Å². The number of benzene rings is 1. The van der Waals surface area contributed by atoms with Gasteiger partial charge in [-0.15, -0.1) is 12.4 Å². The Morgan fingerprint density at radius 2 is 1.95 bits per heavy atom. The lowest BCUT2D eigenvalue weighted by Crippen LogP contribution is -2.09. The highest BCUT2D eigenvalue weighted by Gasteiger charge is 2.12. The number of imidazole rings is 1. The first-order valence-corrected chi connectivity index (χ1v) is 5.91. The van der Waals surface area contributed by atoms with Crippen LogP contribution < -0.4 is 5.73 Å². The van der Waals surface area contributed by atoms with Crippen molar-refractivity contribution in [3.8, 4) is 11.3 Å². The van der Waals surface area contributed by atoms with Crippen molar-refractivity contribution in [3.63, 3.8) is 0 Å². The second-order valence-corrected chi connectivity index (χ2v) is 4.33. The fraction of sp³-hybridized carbons (Fsp3) is 0.143. The highest BCUT2D eigenvalue weighted by atomic mass is 35.5. The monoisotopic (exact) mass is 274 g/mol. The van der Waals surface area contributed by atoms with Crippen LogP contribution in [0.25, 0.3) is 16.9 Å². The van der Waals surface area contributed by atoms with Crippen molar-refractivity contribution in [2.45, 2.75) is 13.0 Å². The van der Waals surface area contributed by atoms with Crippen LogP contribution in [0.15, 0.2) is 48.8 Å². The zero-order chi connectivity index (χ0) is 12.5. The highest BCUT2D eigenvalue weighted by molar-refractivity contribution is 5.85. The maximum Gasteiger partial charge on any atom is 0.153 e. The third-order valence-corrected chi connectivity index (χ3v) is 2.95. The molecule has 98 valence electrons. The summed E-state index contributed by atoms with van der Waals surface area (Å²) >= 11 is 0. The summed E-state index contributed by atoms with van der Waals surface area (Å²) in [5.41, 5.74) is 9.85. The number of nitrogens with two attached hydrogens (primary N) is 1. The molecule has 0 saturated heterocycles. The van der Waals surface area contributed by atoms with E-state index in [0.717, 1.165) is 22.5 Å². The quantitative estimate of drug-likeness (QED) is 0.782. The van der Waals surface area contributed by atoms with Gasteiger partial charge in [-0.25, -0.2) is 9.50 Å². The van der Waals surface area contributed by atoms with E-state index >= 15 is 0 Å².